The molecule has 0 spiro atoms. The number of hydrogen-bond donors (Lipinski definition) is 1. The lowest BCUT2D eigenvalue weighted by Crippen LogP contribution is -2.47. The van der Waals surface area contributed by atoms with Gasteiger partial charge in [-0.05, 0) is 51.6 Å². The molecule has 2 heteroatoms. The van der Waals surface area contributed by atoms with Crippen LogP contribution in [0.25, 0.3) is 0 Å². The zero-order chi connectivity index (χ0) is 14.1. The highest BCUT2D eigenvalue weighted by Gasteiger charge is 2.35. The number of nitrogens with one attached hydrogen (secondary N) is 1. The van der Waals surface area contributed by atoms with Crippen LogP contribution in [0, 0.1) is 13.8 Å². The van der Waals surface area contributed by atoms with Gasteiger partial charge in [0.05, 0.1) is 0 Å². The van der Waals surface area contributed by atoms with Crippen molar-refractivity contribution in [1.82, 2.24) is 10.2 Å². The van der Waals surface area contributed by atoms with E-state index in [2.05, 4.69) is 49.2 Å². The second kappa shape index (κ2) is 5.87. The standard InChI is InChI=1S/C18H28N2/c1-4-20(12-15-8-13(2)7-14(3)9-15)18-10-16-5-6-17(11-18)19-16/h7-9,16-19H,4-6,10-12H2,1-3H3. The van der Waals surface area contributed by atoms with Crippen molar-refractivity contribution in [3.8, 4) is 0 Å². The molecule has 2 bridgehead atoms. The van der Waals surface area contributed by atoms with Gasteiger partial charge in [-0.15, -0.1) is 0 Å². The maximum absolute atomic E-state index is 3.75. The lowest BCUT2D eigenvalue weighted by molar-refractivity contribution is 0.140. The van der Waals surface area contributed by atoms with Crippen LogP contribution in [0.4, 0.5) is 0 Å². The molecule has 0 radical (unpaired) electrons. The van der Waals surface area contributed by atoms with Gasteiger partial charge in [-0.1, -0.05) is 36.2 Å². The van der Waals surface area contributed by atoms with Gasteiger partial charge in [-0.3, -0.25) is 4.90 Å². The van der Waals surface area contributed by atoms with E-state index in [1.54, 1.807) is 0 Å². The average molecular weight is 272 g/mol. The van der Waals surface area contributed by atoms with E-state index in [0.29, 0.717) is 0 Å². The average Bonchev–Trinajstić information content (AvgIpc) is 2.73. The summed E-state index contributed by atoms with van der Waals surface area (Å²) in [5.74, 6) is 0. The molecular weight excluding hydrogens is 244 g/mol. The molecule has 2 saturated heterocycles. The van der Waals surface area contributed by atoms with Gasteiger partial charge in [0.15, 0.2) is 0 Å². The molecule has 2 fully saturated rings. The third-order valence-corrected chi connectivity index (χ3v) is 5.04. The molecule has 0 aliphatic carbocycles. The Hall–Kier alpha value is -0.860. The molecule has 2 unspecified atom stereocenters. The third-order valence-electron chi connectivity index (χ3n) is 5.04. The fourth-order valence-corrected chi connectivity index (χ4v) is 4.22. The Balaban J connectivity index is 1.70. The molecular formula is C18H28N2. The van der Waals surface area contributed by atoms with Crippen LogP contribution in [-0.4, -0.2) is 29.6 Å². The zero-order valence-electron chi connectivity index (χ0n) is 13.2. The van der Waals surface area contributed by atoms with Crippen LogP contribution in [-0.2, 0) is 6.54 Å². The third kappa shape index (κ3) is 3.07. The highest BCUT2D eigenvalue weighted by Crippen LogP contribution is 2.30. The van der Waals surface area contributed by atoms with Crippen LogP contribution in [0.2, 0.25) is 0 Å². The number of aryl methyl sites for hydroxylation is 2. The molecule has 1 aromatic carbocycles. The van der Waals surface area contributed by atoms with E-state index in [0.717, 1.165) is 31.2 Å². The molecule has 2 atom stereocenters. The molecule has 2 nitrogen and oxygen atoms in total. The van der Waals surface area contributed by atoms with Gasteiger partial charge in [0.1, 0.15) is 0 Å². The summed E-state index contributed by atoms with van der Waals surface area (Å²) in [6, 6.07) is 9.32. The van der Waals surface area contributed by atoms with Gasteiger partial charge < -0.3 is 5.32 Å². The maximum atomic E-state index is 3.75. The van der Waals surface area contributed by atoms with E-state index in [-0.39, 0.29) is 0 Å². The minimum absolute atomic E-state index is 0.777. The molecule has 0 amide bonds. The Kier molecular flexibility index (Phi) is 4.13. The summed E-state index contributed by atoms with van der Waals surface area (Å²) >= 11 is 0. The van der Waals surface area contributed by atoms with Crippen LogP contribution in [0.5, 0.6) is 0 Å². The first-order valence-electron chi connectivity index (χ1n) is 8.21. The predicted molar refractivity (Wildman–Crippen MR) is 85.0 cm³/mol. The minimum atomic E-state index is 0.777. The van der Waals surface area contributed by atoms with Crippen LogP contribution < -0.4 is 5.32 Å². The van der Waals surface area contributed by atoms with Crippen molar-refractivity contribution >= 4 is 0 Å². The van der Waals surface area contributed by atoms with Crippen LogP contribution in [0.15, 0.2) is 18.2 Å². The number of nitrogens with zero attached hydrogens (tertiary/aromatic N) is 1. The maximum Gasteiger partial charge on any atom is 0.0236 e. The van der Waals surface area contributed by atoms with Gasteiger partial charge >= 0.3 is 0 Å². The Labute approximate surface area is 123 Å². The van der Waals surface area contributed by atoms with E-state index < -0.39 is 0 Å². The van der Waals surface area contributed by atoms with E-state index in [1.165, 1.54) is 42.4 Å². The topological polar surface area (TPSA) is 15.3 Å². The van der Waals surface area contributed by atoms with Crippen LogP contribution >= 0.6 is 0 Å². The van der Waals surface area contributed by atoms with Crippen molar-refractivity contribution in [1.29, 1.82) is 0 Å². The number of piperidine rings is 1. The van der Waals surface area contributed by atoms with Gasteiger partial charge in [0.25, 0.3) is 0 Å². The summed E-state index contributed by atoms with van der Waals surface area (Å²) in [5.41, 5.74) is 4.26. The van der Waals surface area contributed by atoms with E-state index in [1.807, 2.05) is 0 Å². The summed E-state index contributed by atoms with van der Waals surface area (Å²) in [6.07, 6.45) is 5.47. The van der Waals surface area contributed by atoms with Crippen molar-refractivity contribution in [2.45, 2.75) is 71.1 Å². The van der Waals surface area contributed by atoms with E-state index in [9.17, 15) is 0 Å². The molecule has 2 heterocycles. The van der Waals surface area contributed by atoms with Gasteiger partial charge in [0, 0.05) is 24.7 Å². The first kappa shape index (κ1) is 14.1. The number of hydrogen-bond acceptors (Lipinski definition) is 2. The van der Waals surface area contributed by atoms with Crippen LogP contribution in [0.3, 0.4) is 0 Å². The van der Waals surface area contributed by atoms with Gasteiger partial charge in [-0.2, -0.15) is 0 Å². The molecule has 0 saturated carbocycles. The fraction of sp³-hybridized carbons (Fsp3) is 0.667. The summed E-state index contributed by atoms with van der Waals surface area (Å²) in [5, 5.41) is 3.75. The second-order valence-corrected chi connectivity index (χ2v) is 6.82. The van der Waals surface area contributed by atoms with E-state index in [4.69, 9.17) is 0 Å². The molecule has 2 aliphatic rings. The smallest absolute Gasteiger partial charge is 0.0236 e. The first-order valence-corrected chi connectivity index (χ1v) is 8.21. The molecule has 1 N–H and O–H groups in total. The quantitative estimate of drug-likeness (QED) is 0.903. The van der Waals surface area contributed by atoms with Crippen molar-refractivity contribution in [3.63, 3.8) is 0 Å². The largest absolute Gasteiger partial charge is 0.311 e. The normalized spacial score (nSPS) is 29.1. The van der Waals surface area contributed by atoms with Crippen molar-refractivity contribution < 1.29 is 0 Å². The second-order valence-electron chi connectivity index (χ2n) is 6.82. The zero-order valence-corrected chi connectivity index (χ0v) is 13.2. The van der Waals surface area contributed by atoms with Gasteiger partial charge in [0.2, 0.25) is 0 Å². The van der Waals surface area contributed by atoms with Crippen molar-refractivity contribution in [2.75, 3.05) is 6.54 Å². The number of fused-ring (bicyclic) bond motifs is 2. The molecule has 3 rings (SSSR count). The Morgan fingerprint density at radius 2 is 1.65 bits per heavy atom. The predicted octanol–water partition coefficient (Wildman–Crippen LogP) is 3.41. The summed E-state index contributed by atoms with van der Waals surface area (Å²) < 4.78 is 0. The summed E-state index contributed by atoms with van der Waals surface area (Å²) in [4.78, 5) is 2.69. The monoisotopic (exact) mass is 272 g/mol. The molecule has 2 aliphatic heterocycles. The lowest BCUT2D eigenvalue weighted by Gasteiger charge is -2.37. The highest BCUT2D eigenvalue weighted by atomic mass is 15.2. The first-order chi connectivity index (χ1) is 9.64. The summed E-state index contributed by atoms with van der Waals surface area (Å²) in [6.45, 7) is 9.00. The minimum Gasteiger partial charge on any atom is -0.311 e. The highest BCUT2D eigenvalue weighted by molar-refractivity contribution is 5.28. The molecule has 1 aromatic rings. The van der Waals surface area contributed by atoms with Crippen molar-refractivity contribution in [3.05, 3.63) is 34.9 Å². The number of benzene rings is 1. The molecule has 20 heavy (non-hydrogen) atoms. The SMILES string of the molecule is CCN(Cc1cc(C)cc(C)c1)C1CC2CCC(C1)N2. The summed E-state index contributed by atoms with van der Waals surface area (Å²) in [7, 11) is 0. The molecule has 0 aromatic heterocycles. The van der Waals surface area contributed by atoms with Gasteiger partial charge in [-0.25, -0.2) is 0 Å². The molecule has 110 valence electrons. The number of rotatable bonds is 4. The van der Waals surface area contributed by atoms with Crippen LogP contribution in [0.1, 0.15) is 49.3 Å². The van der Waals surface area contributed by atoms with E-state index >= 15 is 0 Å². The Bertz CT molecular complexity index is 436. The van der Waals surface area contributed by atoms with Crippen molar-refractivity contribution in [2.24, 2.45) is 0 Å². The Morgan fingerprint density at radius 3 is 2.20 bits per heavy atom. The lowest BCUT2D eigenvalue weighted by atomic mass is 9.97. The fourth-order valence-electron chi connectivity index (χ4n) is 4.22. The Morgan fingerprint density at radius 1 is 1.05 bits per heavy atom.